The van der Waals surface area contributed by atoms with E-state index in [2.05, 4.69) is 115 Å². The summed E-state index contributed by atoms with van der Waals surface area (Å²) in [6.45, 7) is 0. The van der Waals surface area contributed by atoms with Crippen LogP contribution in [0.25, 0.3) is 78.4 Å². The van der Waals surface area contributed by atoms with Crippen molar-refractivity contribution in [1.82, 2.24) is 19.9 Å². The van der Waals surface area contributed by atoms with Crippen LogP contribution in [0.5, 0.6) is 0 Å². The van der Waals surface area contributed by atoms with E-state index in [4.69, 9.17) is 19.9 Å². The number of hydrogen-bond donors (Lipinski definition) is 0. The molecule has 0 amide bonds. The Kier molecular flexibility index (Phi) is 8.57. The molecule has 1 radical (unpaired) electrons. The van der Waals surface area contributed by atoms with E-state index in [9.17, 15) is 0 Å². The average molecular weight is 780 g/mol. The van der Waals surface area contributed by atoms with E-state index >= 15 is 0 Å². The van der Waals surface area contributed by atoms with Crippen molar-refractivity contribution in [1.29, 1.82) is 0 Å². The van der Waals surface area contributed by atoms with Crippen LogP contribution in [-0.2, 0) is 20.1 Å². The maximum atomic E-state index is 5.14. The summed E-state index contributed by atoms with van der Waals surface area (Å²) in [5, 5.41) is 2.23. The van der Waals surface area contributed by atoms with Gasteiger partial charge in [-0.2, -0.15) is 0 Å². The topological polar surface area (TPSA) is 51.6 Å². The van der Waals surface area contributed by atoms with E-state index in [1.165, 1.54) is 0 Å². The second-order valence-corrected chi connectivity index (χ2v) is 11.0. The Morgan fingerprint density at radius 2 is 0.894 bits per heavy atom. The molecule has 2 heterocycles. The molecule has 6 aromatic carbocycles. The van der Waals surface area contributed by atoms with E-state index in [1.807, 2.05) is 54.7 Å². The molecule has 0 unspecified atom stereocenters. The molecule has 0 aliphatic heterocycles. The predicted molar refractivity (Wildman–Crippen MR) is 187 cm³/mol. The van der Waals surface area contributed by atoms with Crippen LogP contribution in [0.3, 0.4) is 0 Å². The minimum absolute atomic E-state index is 0. The quantitative estimate of drug-likeness (QED) is 0.158. The number of fused-ring (bicyclic) bond motifs is 1. The number of nitrogens with zero attached hydrogens (tertiary/aromatic N) is 4. The second-order valence-electron chi connectivity index (χ2n) is 11.0. The van der Waals surface area contributed by atoms with Gasteiger partial charge >= 0.3 is 0 Å². The van der Waals surface area contributed by atoms with Gasteiger partial charge in [-0.3, -0.25) is 0 Å². The zero-order chi connectivity index (χ0) is 30.7. The molecule has 0 saturated carbocycles. The van der Waals surface area contributed by atoms with Crippen LogP contribution in [0.1, 0.15) is 0 Å². The molecule has 4 nitrogen and oxygen atoms in total. The van der Waals surface area contributed by atoms with Gasteiger partial charge in [0.15, 0.2) is 11.6 Å². The van der Waals surface area contributed by atoms with E-state index in [0.717, 1.165) is 61.0 Å². The summed E-state index contributed by atoms with van der Waals surface area (Å²) in [6, 6.07) is 57.0. The van der Waals surface area contributed by atoms with Gasteiger partial charge in [0.2, 0.25) is 0 Å². The molecule has 5 heteroatoms. The minimum Gasteiger partial charge on any atom is -0.304 e. The third-order valence-corrected chi connectivity index (χ3v) is 8.11. The van der Waals surface area contributed by atoms with Crippen LogP contribution in [0.15, 0.2) is 164 Å². The van der Waals surface area contributed by atoms with Crippen molar-refractivity contribution >= 4 is 10.8 Å². The first-order valence-corrected chi connectivity index (χ1v) is 15.2. The Labute approximate surface area is 287 Å². The summed E-state index contributed by atoms with van der Waals surface area (Å²) in [5.74, 6) is 1.81. The molecule has 2 aromatic heterocycles. The zero-order valence-electron chi connectivity index (χ0n) is 25.2. The summed E-state index contributed by atoms with van der Waals surface area (Å²) in [5.41, 5.74) is 8.79. The van der Waals surface area contributed by atoms with Crippen molar-refractivity contribution in [2.24, 2.45) is 0 Å². The van der Waals surface area contributed by atoms with Gasteiger partial charge in [0, 0.05) is 37.4 Å². The summed E-state index contributed by atoms with van der Waals surface area (Å²) in [4.78, 5) is 20.1. The molecule has 0 atom stereocenters. The van der Waals surface area contributed by atoms with E-state index in [1.54, 1.807) is 0 Å². The molecule has 225 valence electrons. The Morgan fingerprint density at radius 3 is 1.49 bits per heavy atom. The Morgan fingerprint density at radius 1 is 0.404 bits per heavy atom. The summed E-state index contributed by atoms with van der Waals surface area (Å²) in [7, 11) is 0. The zero-order valence-corrected chi connectivity index (χ0v) is 27.6. The smallest absolute Gasteiger partial charge is 0.164 e. The molecule has 0 bridgehead atoms. The Balaban J connectivity index is 0.00000351. The van der Waals surface area contributed by atoms with Gasteiger partial charge in [0.25, 0.3) is 0 Å². The van der Waals surface area contributed by atoms with Crippen LogP contribution < -0.4 is 0 Å². The fourth-order valence-corrected chi connectivity index (χ4v) is 5.83. The third-order valence-electron chi connectivity index (χ3n) is 8.11. The molecule has 47 heavy (non-hydrogen) atoms. The van der Waals surface area contributed by atoms with E-state index in [-0.39, 0.29) is 20.1 Å². The molecular formula is C42H27IrN4-. The molecule has 8 rings (SSSR count). The standard InChI is InChI=1S/C42H27N4.Ir/c1-3-14-29(15-4-1)35-22-9-11-24-37(35)41-44-40(45-42(46-41)38-25-12-10-23-36(38)30-16-5-2-6-17-30)33-21-13-20-32(26-33)39-27-31-18-7-8-19-34(31)28-43-39;/h1-19,21-28H;/q-1;. The largest absolute Gasteiger partial charge is 0.304 e. The predicted octanol–water partition coefficient (Wildman–Crippen LogP) is 10.2. The van der Waals surface area contributed by atoms with Crippen LogP contribution >= 0.6 is 0 Å². The molecule has 0 saturated heterocycles. The first kappa shape index (κ1) is 30.1. The van der Waals surface area contributed by atoms with E-state index in [0.29, 0.717) is 17.5 Å². The van der Waals surface area contributed by atoms with Crippen LogP contribution in [0.2, 0.25) is 0 Å². The fraction of sp³-hybridized carbons (Fsp3) is 0. The number of rotatable bonds is 6. The van der Waals surface area contributed by atoms with Crippen molar-refractivity contribution in [3.63, 3.8) is 0 Å². The van der Waals surface area contributed by atoms with Crippen molar-refractivity contribution in [3.05, 3.63) is 170 Å². The molecule has 8 aromatic rings. The SMILES string of the molecule is [Ir].[c-]1ccc(-c2nc(-c3ccccc3-c3ccccc3)nc(-c3ccccc3-c3ccccc3)n2)cc1-c1cc2ccccc2cn1. The van der Waals surface area contributed by atoms with Crippen LogP contribution in [0, 0.1) is 6.07 Å². The van der Waals surface area contributed by atoms with Crippen molar-refractivity contribution < 1.29 is 20.1 Å². The number of aromatic nitrogens is 4. The van der Waals surface area contributed by atoms with Gasteiger partial charge in [0.1, 0.15) is 5.82 Å². The van der Waals surface area contributed by atoms with Gasteiger partial charge in [-0.1, -0.05) is 145 Å². The first-order valence-electron chi connectivity index (χ1n) is 15.2. The Bertz CT molecular complexity index is 2220. The third kappa shape index (κ3) is 6.15. The second kappa shape index (κ2) is 13.4. The summed E-state index contributed by atoms with van der Waals surface area (Å²) < 4.78 is 0. The van der Waals surface area contributed by atoms with Crippen molar-refractivity contribution in [3.8, 4) is 67.7 Å². The number of benzene rings is 6. The van der Waals surface area contributed by atoms with Crippen molar-refractivity contribution in [2.45, 2.75) is 0 Å². The maximum Gasteiger partial charge on any atom is 0.164 e. The summed E-state index contributed by atoms with van der Waals surface area (Å²) >= 11 is 0. The van der Waals surface area contributed by atoms with Crippen LogP contribution in [-0.4, -0.2) is 19.9 Å². The monoisotopic (exact) mass is 780 g/mol. The molecule has 0 aliphatic carbocycles. The van der Waals surface area contributed by atoms with Gasteiger partial charge in [0.05, 0.1) is 0 Å². The van der Waals surface area contributed by atoms with E-state index < -0.39 is 0 Å². The van der Waals surface area contributed by atoms with Gasteiger partial charge in [-0.15, -0.1) is 29.8 Å². The van der Waals surface area contributed by atoms with Gasteiger partial charge < -0.3 is 4.98 Å². The average Bonchev–Trinajstić information content (AvgIpc) is 3.15. The summed E-state index contributed by atoms with van der Waals surface area (Å²) in [6.07, 6.45) is 1.91. The Hall–Kier alpha value is -5.61. The maximum absolute atomic E-state index is 5.14. The number of hydrogen-bond acceptors (Lipinski definition) is 4. The van der Waals surface area contributed by atoms with Gasteiger partial charge in [-0.25, -0.2) is 15.0 Å². The molecular weight excluding hydrogens is 753 g/mol. The normalized spacial score (nSPS) is 10.8. The fourth-order valence-electron chi connectivity index (χ4n) is 5.83. The first-order chi connectivity index (χ1) is 22.8. The van der Waals surface area contributed by atoms with Crippen LogP contribution in [0.4, 0.5) is 0 Å². The minimum atomic E-state index is 0. The molecule has 0 fully saturated rings. The van der Waals surface area contributed by atoms with Crippen molar-refractivity contribution in [2.75, 3.05) is 0 Å². The molecule has 0 aliphatic rings. The molecule has 0 spiro atoms. The molecule has 0 N–H and O–H groups in total. The van der Waals surface area contributed by atoms with Gasteiger partial charge in [-0.05, 0) is 38.7 Å². The number of pyridine rings is 1.